The van der Waals surface area contributed by atoms with Gasteiger partial charge in [-0.15, -0.1) is 0 Å². The molecule has 0 aromatic rings. The molecule has 0 aromatic heterocycles. The predicted molar refractivity (Wildman–Crippen MR) is 62.1 cm³/mol. The Balaban J connectivity index is 5.00. The van der Waals surface area contributed by atoms with Crippen LogP contribution in [0, 0.1) is 11.3 Å². The van der Waals surface area contributed by atoms with Gasteiger partial charge in [-0.25, -0.2) is 0 Å². The first-order valence-electron chi connectivity index (χ1n) is 5.06. The van der Waals surface area contributed by atoms with Crippen LogP contribution in [0.2, 0.25) is 0 Å². The number of alkyl halides is 3. The van der Waals surface area contributed by atoms with E-state index in [1.165, 1.54) is 6.92 Å². The van der Waals surface area contributed by atoms with Gasteiger partial charge in [-0.2, -0.15) is 18.4 Å². The number of hydrogen-bond acceptors (Lipinski definition) is 4. The van der Waals surface area contributed by atoms with Crippen LogP contribution in [0.15, 0.2) is 0 Å². The van der Waals surface area contributed by atoms with Crippen LogP contribution in [-0.4, -0.2) is 23.7 Å². The lowest BCUT2D eigenvalue weighted by atomic mass is 10.1. The second-order valence-corrected chi connectivity index (χ2v) is 8.64. The summed E-state index contributed by atoms with van der Waals surface area (Å²) < 4.78 is 54.5. The Hall–Kier alpha value is -0.180. The Labute approximate surface area is 103 Å². The van der Waals surface area contributed by atoms with Crippen molar-refractivity contribution in [2.75, 3.05) is 11.9 Å². The molecule has 0 aliphatic rings. The average Bonchev–Trinajstić information content (AvgIpc) is 2.24. The second kappa shape index (κ2) is 6.12. The molecule has 100 valence electrons. The highest BCUT2D eigenvalue weighted by Gasteiger charge is 2.56. The van der Waals surface area contributed by atoms with E-state index >= 15 is 0 Å². The molecule has 8 heteroatoms. The molecule has 0 bridgehead atoms. The van der Waals surface area contributed by atoms with E-state index in [1.54, 1.807) is 0 Å². The minimum Gasteiger partial charge on any atom is -0.289 e. The van der Waals surface area contributed by atoms with Crippen molar-refractivity contribution in [1.82, 2.24) is 0 Å². The second-order valence-electron chi connectivity index (χ2n) is 3.49. The molecule has 0 fully saturated rings. The van der Waals surface area contributed by atoms with Gasteiger partial charge in [0.2, 0.25) is 0 Å². The molecule has 0 N–H and O–H groups in total. The van der Waals surface area contributed by atoms with Crippen molar-refractivity contribution in [3.8, 4) is 6.07 Å². The lowest BCUT2D eigenvalue weighted by Gasteiger charge is -2.29. The zero-order valence-corrected chi connectivity index (χ0v) is 11.6. The van der Waals surface area contributed by atoms with Gasteiger partial charge in [0, 0.05) is 11.9 Å². The minimum atomic E-state index is -4.86. The molecule has 0 amide bonds. The largest absolute Gasteiger partial charge is 0.431 e. The molecule has 2 atom stereocenters. The third-order valence-electron chi connectivity index (χ3n) is 1.96. The first-order valence-corrected chi connectivity index (χ1v) is 8.46. The highest BCUT2D eigenvalue weighted by atomic mass is 32.7. The van der Waals surface area contributed by atoms with Crippen LogP contribution in [0.5, 0.6) is 0 Å². The summed E-state index contributed by atoms with van der Waals surface area (Å²) in [5.74, 6) is 0.435. The van der Waals surface area contributed by atoms with Crippen molar-refractivity contribution >= 4 is 18.0 Å². The van der Waals surface area contributed by atoms with E-state index in [1.807, 2.05) is 6.92 Å². The van der Waals surface area contributed by atoms with Crippen LogP contribution >= 0.6 is 18.0 Å². The molecule has 3 nitrogen and oxygen atoms in total. The Morgan fingerprint density at radius 2 is 1.94 bits per heavy atom. The standard InChI is InChI=1S/C9H15F3NO2PS/c1-4-6-17-16(14,5-2)15-8(3,7-13)9(10,11)12/h4-6H2,1-3H3. The molecular formula is C9H15F3NO2PS. The van der Waals surface area contributed by atoms with Gasteiger partial charge in [-0.1, -0.05) is 25.2 Å². The first-order chi connectivity index (χ1) is 7.64. The van der Waals surface area contributed by atoms with Crippen molar-refractivity contribution < 1.29 is 22.3 Å². The normalized spacial score (nSPS) is 19.1. The molecule has 17 heavy (non-hydrogen) atoms. The lowest BCUT2D eigenvalue weighted by Crippen LogP contribution is -2.42. The van der Waals surface area contributed by atoms with E-state index in [9.17, 15) is 17.7 Å². The van der Waals surface area contributed by atoms with Gasteiger partial charge < -0.3 is 0 Å². The lowest BCUT2D eigenvalue weighted by molar-refractivity contribution is -0.218. The maximum Gasteiger partial charge on any atom is 0.431 e. The van der Waals surface area contributed by atoms with E-state index in [-0.39, 0.29) is 6.16 Å². The summed E-state index contributed by atoms with van der Waals surface area (Å²) >= 11 is 0.864. The number of nitrogens with zero attached hydrogens (tertiary/aromatic N) is 1. The summed E-state index contributed by atoms with van der Waals surface area (Å²) in [5.41, 5.74) is -3.01. The fourth-order valence-corrected chi connectivity index (χ4v) is 4.89. The molecule has 0 saturated heterocycles. The highest BCUT2D eigenvalue weighted by Crippen LogP contribution is 2.63. The van der Waals surface area contributed by atoms with Gasteiger partial charge in [0.15, 0.2) is 0 Å². The highest BCUT2D eigenvalue weighted by molar-refractivity contribution is 8.56. The van der Waals surface area contributed by atoms with Gasteiger partial charge >= 0.3 is 6.18 Å². The third-order valence-corrected chi connectivity index (χ3v) is 7.08. The molecule has 0 aliphatic heterocycles. The summed E-state index contributed by atoms with van der Waals surface area (Å²) in [6.45, 7) is 0.425. The first kappa shape index (κ1) is 16.8. The van der Waals surface area contributed by atoms with Gasteiger partial charge in [-0.3, -0.25) is 9.09 Å². The van der Waals surface area contributed by atoms with E-state index in [0.29, 0.717) is 19.1 Å². The molecule has 0 radical (unpaired) electrons. The zero-order chi connectivity index (χ0) is 13.7. The SMILES string of the molecule is CCCSP(=O)(CC)OC(C)(C#N)C(F)(F)F. The maximum absolute atomic E-state index is 12.6. The Bertz CT molecular complexity index is 342. The Morgan fingerprint density at radius 1 is 1.41 bits per heavy atom. The van der Waals surface area contributed by atoms with Gasteiger partial charge in [-0.05, 0) is 13.3 Å². The van der Waals surface area contributed by atoms with E-state index in [0.717, 1.165) is 17.5 Å². The summed E-state index contributed by atoms with van der Waals surface area (Å²) in [6, 6.07) is 1.05. The average molecular weight is 289 g/mol. The predicted octanol–water partition coefficient (Wildman–Crippen LogP) is 4.20. The molecular weight excluding hydrogens is 274 g/mol. The molecule has 0 heterocycles. The summed E-state index contributed by atoms with van der Waals surface area (Å²) in [4.78, 5) is 0. The molecule has 0 aliphatic carbocycles. The summed E-state index contributed by atoms with van der Waals surface area (Å²) in [7, 11) is 0. The van der Waals surface area contributed by atoms with E-state index < -0.39 is 18.3 Å². The number of halogens is 3. The monoisotopic (exact) mass is 289 g/mol. The van der Waals surface area contributed by atoms with E-state index in [2.05, 4.69) is 4.52 Å². The smallest absolute Gasteiger partial charge is 0.289 e. The molecule has 0 rings (SSSR count). The minimum absolute atomic E-state index is 0.0367. The van der Waals surface area contributed by atoms with Crippen LogP contribution in [-0.2, 0) is 9.09 Å². The van der Waals surface area contributed by atoms with Crippen LogP contribution in [0.3, 0.4) is 0 Å². The van der Waals surface area contributed by atoms with Crippen molar-refractivity contribution in [3.05, 3.63) is 0 Å². The fourth-order valence-electron chi connectivity index (χ4n) is 0.826. The third kappa shape index (κ3) is 4.53. The van der Waals surface area contributed by atoms with E-state index in [4.69, 9.17) is 5.26 Å². The van der Waals surface area contributed by atoms with Crippen LogP contribution in [0.1, 0.15) is 27.2 Å². The van der Waals surface area contributed by atoms with Crippen LogP contribution < -0.4 is 0 Å². The van der Waals surface area contributed by atoms with Crippen molar-refractivity contribution in [2.45, 2.75) is 39.0 Å². The maximum atomic E-state index is 12.6. The van der Waals surface area contributed by atoms with Crippen LogP contribution in [0.25, 0.3) is 0 Å². The van der Waals surface area contributed by atoms with Crippen molar-refractivity contribution in [2.24, 2.45) is 0 Å². The molecule has 2 unspecified atom stereocenters. The molecule has 0 aromatic carbocycles. The molecule has 0 saturated carbocycles. The zero-order valence-electron chi connectivity index (χ0n) is 9.87. The Morgan fingerprint density at radius 3 is 2.24 bits per heavy atom. The quantitative estimate of drug-likeness (QED) is 0.687. The molecule has 0 spiro atoms. The topological polar surface area (TPSA) is 50.1 Å². The fraction of sp³-hybridized carbons (Fsp3) is 0.889. The van der Waals surface area contributed by atoms with Gasteiger partial charge in [0.05, 0.1) is 0 Å². The summed E-state index contributed by atoms with van der Waals surface area (Å²) in [5, 5.41) is 8.58. The number of rotatable bonds is 6. The number of hydrogen-bond donors (Lipinski definition) is 0. The van der Waals surface area contributed by atoms with Gasteiger partial charge in [0.1, 0.15) is 6.07 Å². The summed E-state index contributed by atoms with van der Waals surface area (Å²) in [6.07, 6.45) is -4.22. The Kier molecular flexibility index (Phi) is 6.06. The van der Waals surface area contributed by atoms with Crippen molar-refractivity contribution in [3.63, 3.8) is 0 Å². The number of nitriles is 1. The van der Waals surface area contributed by atoms with Crippen molar-refractivity contribution in [1.29, 1.82) is 5.26 Å². The van der Waals surface area contributed by atoms with Crippen LogP contribution in [0.4, 0.5) is 13.2 Å². The van der Waals surface area contributed by atoms with Gasteiger partial charge in [0.25, 0.3) is 12.2 Å².